The van der Waals surface area contributed by atoms with Crippen LogP contribution in [0.5, 0.6) is 0 Å². The summed E-state index contributed by atoms with van der Waals surface area (Å²) in [5, 5.41) is 4.27. The SMILES string of the molecule is CSC1CCC(N2CCC(NC3CC3)C2=O)C1. The summed E-state index contributed by atoms with van der Waals surface area (Å²) in [7, 11) is 0. The van der Waals surface area contributed by atoms with Crippen LogP contribution in [0.2, 0.25) is 0 Å². The molecule has 1 saturated heterocycles. The van der Waals surface area contributed by atoms with Crippen molar-refractivity contribution in [3.05, 3.63) is 0 Å². The number of nitrogens with zero attached hydrogens (tertiary/aromatic N) is 1. The predicted octanol–water partition coefficient (Wildman–Crippen LogP) is 1.62. The van der Waals surface area contributed by atoms with E-state index >= 15 is 0 Å². The molecule has 2 saturated carbocycles. The topological polar surface area (TPSA) is 32.3 Å². The summed E-state index contributed by atoms with van der Waals surface area (Å²) in [6.07, 6.45) is 9.46. The zero-order valence-corrected chi connectivity index (χ0v) is 11.3. The van der Waals surface area contributed by atoms with E-state index in [-0.39, 0.29) is 6.04 Å². The maximum Gasteiger partial charge on any atom is 0.240 e. The number of hydrogen-bond acceptors (Lipinski definition) is 3. The Labute approximate surface area is 108 Å². The van der Waals surface area contributed by atoms with Crippen molar-refractivity contribution in [3.8, 4) is 0 Å². The molecule has 0 aromatic carbocycles. The number of carbonyl (C=O) groups excluding carboxylic acids is 1. The molecule has 3 fully saturated rings. The standard InChI is InChI=1S/C13H22N2OS/c1-17-11-5-4-10(8-11)15-7-6-12(13(15)16)14-9-2-3-9/h9-12,14H,2-8H2,1H3. The highest BCUT2D eigenvalue weighted by Gasteiger charge is 2.40. The molecule has 4 heteroatoms. The van der Waals surface area contributed by atoms with Crippen LogP contribution in [-0.2, 0) is 4.79 Å². The van der Waals surface area contributed by atoms with Crippen LogP contribution in [0.3, 0.4) is 0 Å². The van der Waals surface area contributed by atoms with Crippen molar-refractivity contribution in [3.63, 3.8) is 0 Å². The van der Waals surface area contributed by atoms with E-state index in [0.717, 1.165) is 18.2 Å². The summed E-state index contributed by atoms with van der Waals surface area (Å²) in [5.74, 6) is 0.378. The molecule has 3 aliphatic rings. The second-order valence-electron chi connectivity index (χ2n) is 5.64. The third-order valence-corrected chi connectivity index (χ3v) is 5.48. The minimum absolute atomic E-state index is 0.135. The smallest absolute Gasteiger partial charge is 0.240 e. The third-order valence-electron chi connectivity index (χ3n) is 4.39. The number of thioether (sulfide) groups is 1. The first-order valence-electron chi connectivity index (χ1n) is 6.87. The highest BCUT2D eigenvalue weighted by Crippen LogP contribution is 2.33. The van der Waals surface area contributed by atoms with Gasteiger partial charge in [-0.1, -0.05) is 0 Å². The minimum atomic E-state index is 0.135. The summed E-state index contributed by atoms with van der Waals surface area (Å²) in [5.41, 5.74) is 0. The van der Waals surface area contributed by atoms with Crippen LogP contribution in [0.4, 0.5) is 0 Å². The van der Waals surface area contributed by atoms with Crippen molar-refractivity contribution in [2.45, 2.75) is 61.9 Å². The lowest BCUT2D eigenvalue weighted by Gasteiger charge is -2.24. The van der Waals surface area contributed by atoms with E-state index in [0.29, 0.717) is 18.0 Å². The number of rotatable bonds is 4. The van der Waals surface area contributed by atoms with Crippen molar-refractivity contribution in [2.75, 3.05) is 12.8 Å². The van der Waals surface area contributed by atoms with E-state index in [1.54, 1.807) is 0 Å². The van der Waals surface area contributed by atoms with Gasteiger partial charge in [0.2, 0.25) is 5.91 Å². The van der Waals surface area contributed by atoms with Crippen LogP contribution in [0.15, 0.2) is 0 Å². The zero-order chi connectivity index (χ0) is 11.8. The van der Waals surface area contributed by atoms with Crippen LogP contribution in [0.25, 0.3) is 0 Å². The van der Waals surface area contributed by atoms with Gasteiger partial charge < -0.3 is 10.2 Å². The minimum Gasteiger partial charge on any atom is -0.338 e. The van der Waals surface area contributed by atoms with Gasteiger partial charge in [0.25, 0.3) is 0 Å². The lowest BCUT2D eigenvalue weighted by molar-refractivity contribution is -0.131. The molecule has 1 N–H and O–H groups in total. The first-order valence-corrected chi connectivity index (χ1v) is 8.16. The van der Waals surface area contributed by atoms with E-state index in [4.69, 9.17) is 0 Å². The monoisotopic (exact) mass is 254 g/mol. The third kappa shape index (κ3) is 2.48. The molecule has 0 radical (unpaired) electrons. The summed E-state index contributed by atoms with van der Waals surface area (Å²) in [6.45, 7) is 0.981. The molecule has 3 unspecified atom stereocenters. The summed E-state index contributed by atoms with van der Waals surface area (Å²) in [6, 6.07) is 1.31. The van der Waals surface area contributed by atoms with Crippen molar-refractivity contribution in [1.82, 2.24) is 10.2 Å². The normalized spacial score (nSPS) is 38.1. The number of carbonyl (C=O) groups is 1. The molecule has 0 aromatic rings. The molecule has 3 atom stereocenters. The summed E-state index contributed by atoms with van der Waals surface area (Å²) >= 11 is 1.96. The van der Waals surface area contributed by atoms with Crippen LogP contribution >= 0.6 is 11.8 Å². The Morgan fingerprint density at radius 1 is 1.24 bits per heavy atom. The highest BCUT2D eigenvalue weighted by atomic mass is 32.2. The van der Waals surface area contributed by atoms with Gasteiger partial charge in [0, 0.05) is 23.9 Å². The van der Waals surface area contributed by atoms with E-state index < -0.39 is 0 Å². The first-order chi connectivity index (χ1) is 8.28. The van der Waals surface area contributed by atoms with Gasteiger partial charge in [-0.25, -0.2) is 0 Å². The Morgan fingerprint density at radius 2 is 2.06 bits per heavy atom. The number of likely N-dealkylation sites (tertiary alicyclic amines) is 1. The molecule has 3 rings (SSSR count). The predicted molar refractivity (Wildman–Crippen MR) is 71.2 cm³/mol. The molecule has 0 spiro atoms. The van der Waals surface area contributed by atoms with Crippen LogP contribution < -0.4 is 5.32 Å². The van der Waals surface area contributed by atoms with Crippen LogP contribution in [0.1, 0.15) is 38.5 Å². The Morgan fingerprint density at radius 3 is 2.71 bits per heavy atom. The highest BCUT2D eigenvalue weighted by molar-refractivity contribution is 7.99. The molecular weight excluding hydrogens is 232 g/mol. The van der Waals surface area contributed by atoms with Crippen molar-refractivity contribution >= 4 is 17.7 Å². The number of amides is 1. The Balaban J connectivity index is 1.56. The average molecular weight is 254 g/mol. The fourth-order valence-electron chi connectivity index (χ4n) is 3.17. The molecule has 1 aliphatic heterocycles. The van der Waals surface area contributed by atoms with E-state index in [1.807, 2.05) is 11.8 Å². The van der Waals surface area contributed by atoms with Gasteiger partial charge in [-0.3, -0.25) is 4.79 Å². The fraction of sp³-hybridized carbons (Fsp3) is 0.923. The quantitative estimate of drug-likeness (QED) is 0.827. The summed E-state index contributed by atoms with van der Waals surface area (Å²) in [4.78, 5) is 14.5. The number of nitrogens with one attached hydrogen (secondary N) is 1. The van der Waals surface area contributed by atoms with Gasteiger partial charge in [0.05, 0.1) is 6.04 Å². The van der Waals surface area contributed by atoms with Gasteiger partial charge in [-0.2, -0.15) is 11.8 Å². The zero-order valence-electron chi connectivity index (χ0n) is 10.5. The lowest BCUT2D eigenvalue weighted by Crippen LogP contribution is -2.42. The molecule has 17 heavy (non-hydrogen) atoms. The van der Waals surface area contributed by atoms with Gasteiger partial charge >= 0.3 is 0 Å². The molecular formula is C13H22N2OS. The van der Waals surface area contributed by atoms with Crippen LogP contribution in [-0.4, -0.2) is 47.0 Å². The van der Waals surface area contributed by atoms with Crippen molar-refractivity contribution in [1.29, 1.82) is 0 Å². The lowest BCUT2D eigenvalue weighted by atomic mass is 10.2. The molecule has 1 amide bonds. The van der Waals surface area contributed by atoms with E-state index in [2.05, 4.69) is 16.5 Å². The maximum atomic E-state index is 12.3. The van der Waals surface area contributed by atoms with E-state index in [1.165, 1.54) is 32.1 Å². The molecule has 2 aliphatic carbocycles. The largest absolute Gasteiger partial charge is 0.338 e. The first kappa shape index (κ1) is 11.8. The number of hydrogen-bond donors (Lipinski definition) is 1. The Bertz CT molecular complexity index is 306. The maximum absolute atomic E-state index is 12.3. The van der Waals surface area contributed by atoms with Gasteiger partial charge in [-0.05, 0) is 44.8 Å². The van der Waals surface area contributed by atoms with Gasteiger partial charge in [-0.15, -0.1) is 0 Å². The molecule has 1 heterocycles. The second kappa shape index (κ2) is 4.81. The van der Waals surface area contributed by atoms with Crippen molar-refractivity contribution in [2.24, 2.45) is 0 Å². The second-order valence-corrected chi connectivity index (χ2v) is 6.78. The van der Waals surface area contributed by atoms with Gasteiger partial charge in [0.1, 0.15) is 0 Å². The van der Waals surface area contributed by atoms with E-state index in [9.17, 15) is 4.79 Å². The average Bonchev–Trinajstić information content (AvgIpc) is 2.89. The molecule has 0 bridgehead atoms. The van der Waals surface area contributed by atoms with Gasteiger partial charge in [0.15, 0.2) is 0 Å². The molecule has 96 valence electrons. The Hall–Kier alpha value is -0.220. The summed E-state index contributed by atoms with van der Waals surface area (Å²) < 4.78 is 0. The molecule has 0 aromatic heterocycles. The van der Waals surface area contributed by atoms with Crippen molar-refractivity contribution < 1.29 is 4.79 Å². The Kier molecular flexibility index (Phi) is 3.35. The van der Waals surface area contributed by atoms with Crippen LogP contribution in [0, 0.1) is 0 Å². The molecule has 3 nitrogen and oxygen atoms in total. The fourth-order valence-corrected chi connectivity index (χ4v) is 3.95.